The van der Waals surface area contributed by atoms with E-state index in [9.17, 15) is 0 Å². The van der Waals surface area contributed by atoms with E-state index in [-0.39, 0.29) is 0 Å². The van der Waals surface area contributed by atoms with Crippen LogP contribution in [0.2, 0.25) is 0 Å². The Balaban J connectivity index is 1.69. The van der Waals surface area contributed by atoms with Crippen molar-refractivity contribution in [3.8, 4) is 5.75 Å². The summed E-state index contributed by atoms with van der Waals surface area (Å²) >= 11 is 0. The summed E-state index contributed by atoms with van der Waals surface area (Å²) in [5.74, 6) is 1.85. The van der Waals surface area contributed by atoms with Gasteiger partial charge in [0.05, 0.1) is 18.5 Å². The Labute approximate surface area is 147 Å². The van der Waals surface area contributed by atoms with Gasteiger partial charge in [0.15, 0.2) is 5.82 Å². The third kappa shape index (κ3) is 4.67. The number of para-hydroxylation sites is 2. The summed E-state index contributed by atoms with van der Waals surface area (Å²) in [6.07, 6.45) is 1.58. The Kier molecular flexibility index (Phi) is 5.41. The maximum Gasteiger partial charge on any atom is 0.244 e. The predicted molar refractivity (Wildman–Crippen MR) is 99.2 cm³/mol. The molecule has 0 aliphatic carbocycles. The van der Waals surface area contributed by atoms with Gasteiger partial charge in [0.1, 0.15) is 5.75 Å². The molecule has 1 aromatic heterocycles. The van der Waals surface area contributed by atoms with Crippen molar-refractivity contribution in [2.45, 2.75) is 20.4 Å². The van der Waals surface area contributed by atoms with Gasteiger partial charge in [-0.05, 0) is 31.5 Å². The van der Waals surface area contributed by atoms with E-state index < -0.39 is 0 Å². The van der Waals surface area contributed by atoms with Crippen LogP contribution in [0.25, 0.3) is 0 Å². The molecule has 0 spiro atoms. The van der Waals surface area contributed by atoms with Gasteiger partial charge in [-0.15, -0.1) is 5.10 Å². The molecule has 0 saturated heterocycles. The van der Waals surface area contributed by atoms with Crippen LogP contribution in [0.3, 0.4) is 0 Å². The summed E-state index contributed by atoms with van der Waals surface area (Å²) in [7, 11) is 0. The van der Waals surface area contributed by atoms with Crippen molar-refractivity contribution in [1.82, 2.24) is 15.2 Å². The van der Waals surface area contributed by atoms with Crippen molar-refractivity contribution in [3.63, 3.8) is 0 Å². The quantitative estimate of drug-likeness (QED) is 0.681. The molecule has 2 N–H and O–H groups in total. The highest BCUT2D eigenvalue weighted by molar-refractivity contribution is 5.63. The third-order valence-corrected chi connectivity index (χ3v) is 3.54. The highest BCUT2D eigenvalue weighted by atomic mass is 16.5. The molecule has 3 rings (SSSR count). The zero-order valence-electron chi connectivity index (χ0n) is 14.4. The Morgan fingerprint density at radius 3 is 2.80 bits per heavy atom. The van der Waals surface area contributed by atoms with E-state index in [1.54, 1.807) is 6.20 Å². The topological polar surface area (TPSA) is 72.0 Å². The minimum atomic E-state index is 0.473. The molecule has 0 saturated carbocycles. The summed E-state index contributed by atoms with van der Waals surface area (Å²) in [4.78, 5) is 4.46. The predicted octanol–water partition coefficient (Wildman–Crippen LogP) is 3.93. The second kappa shape index (κ2) is 8.10. The maximum absolute atomic E-state index is 5.61. The molecule has 2 aromatic carbocycles. The number of nitrogens with one attached hydrogen (secondary N) is 2. The number of rotatable bonds is 7. The van der Waals surface area contributed by atoms with E-state index in [1.807, 2.05) is 37.3 Å². The first-order chi connectivity index (χ1) is 12.2. The van der Waals surface area contributed by atoms with E-state index in [4.69, 9.17) is 4.74 Å². The van der Waals surface area contributed by atoms with Crippen LogP contribution < -0.4 is 15.4 Å². The van der Waals surface area contributed by atoms with E-state index >= 15 is 0 Å². The molecule has 0 unspecified atom stereocenters. The number of anilines is 3. The number of hydrogen-bond acceptors (Lipinski definition) is 6. The molecular weight excluding hydrogens is 314 g/mol. The molecule has 0 fully saturated rings. The van der Waals surface area contributed by atoms with Crippen LogP contribution in [0.1, 0.15) is 18.1 Å². The summed E-state index contributed by atoms with van der Waals surface area (Å²) in [6, 6.07) is 16.0. The lowest BCUT2D eigenvalue weighted by Crippen LogP contribution is -2.07. The molecule has 0 aliphatic heterocycles. The molecule has 128 valence electrons. The van der Waals surface area contributed by atoms with Gasteiger partial charge >= 0.3 is 0 Å². The lowest BCUT2D eigenvalue weighted by molar-refractivity contribution is 0.342. The van der Waals surface area contributed by atoms with Gasteiger partial charge in [-0.2, -0.15) is 10.1 Å². The lowest BCUT2D eigenvalue weighted by Gasteiger charge is -2.12. The lowest BCUT2D eigenvalue weighted by atomic mass is 10.1. The van der Waals surface area contributed by atoms with Crippen LogP contribution in [-0.4, -0.2) is 21.8 Å². The monoisotopic (exact) mass is 335 g/mol. The molecule has 0 bridgehead atoms. The van der Waals surface area contributed by atoms with Gasteiger partial charge in [0.25, 0.3) is 0 Å². The van der Waals surface area contributed by atoms with Crippen LogP contribution in [0, 0.1) is 6.92 Å². The molecule has 1 heterocycles. The fourth-order valence-electron chi connectivity index (χ4n) is 2.43. The van der Waals surface area contributed by atoms with Gasteiger partial charge in [-0.25, -0.2) is 0 Å². The fraction of sp³-hybridized carbons (Fsp3) is 0.211. The van der Waals surface area contributed by atoms with E-state index in [0.29, 0.717) is 24.9 Å². The third-order valence-electron chi connectivity index (χ3n) is 3.54. The molecule has 6 nitrogen and oxygen atoms in total. The van der Waals surface area contributed by atoms with Crippen molar-refractivity contribution in [2.24, 2.45) is 0 Å². The van der Waals surface area contributed by atoms with Gasteiger partial charge in [0, 0.05) is 6.54 Å². The smallest absolute Gasteiger partial charge is 0.244 e. The number of hydrogen-bond donors (Lipinski definition) is 2. The standard InChI is InChI=1S/C19H21N5O/c1-3-25-17-10-5-4-9-16(17)22-18-13-21-24-19(23-18)20-12-15-8-6-7-14(2)11-15/h4-11,13H,3,12H2,1-2H3,(H2,20,22,23,24). The molecule has 25 heavy (non-hydrogen) atoms. The summed E-state index contributed by atoms with van der Waals surface area (Å²) < 4.78 is 5.61. The zero-order chi connectivity index (χ0) is 17.5. The molecule has 0 aliphatic rings. The Morgan fingerprint density at radius 1 is 1.08 bits per heavy atom. The summed E-state index contributed by atoms with van der Waals surface area (Å²) in [5, 5.41) is 14.5. The highest BCUT2D eigenvalue weighted by Gasteiger charge is 2.05. The molecule has 0 amide bonds. The van der Waals surface area contributed by atoms with Gasteiger partial charge < -0.3 is 15.4 Å². The number of ether oxygens (including phenoxy) is 1. The Bertz CT molecular complexity index is 837. The minimum Gasteiger partial charge on any atom is -0.492 e. The van der Waals surface area contributed by atoms with E-state index in [2.05, 4.69) is 50.9 Å². The minimum absolute atomic E-state index is 0.473. The van der Waals surface area contributed by atoms with Gasteiger partial charge in [-0.3, -0.25) is 0 Å². The summed E-state index contributed by atoms with van der Waals surface area (Å²) in [6.45, 7) is 5.27. The molecule has 3 aromatic rings. The Hall–Kier alpha value is -3.15. The Morgan fingerprint density at radius 2 is 1.96 bits per heavy atom. The van der Waals surface area contributed by atoms with Crippen molar-refractivity contribution in [2.75, 3.05) is 17.2 Å². The van der Waals surface area contributed by atoms with E-state index in [0.717, 1.165) is 11.4 Å². The molecular formula is C19H21N5O. The summed E-state index contributed by atoms with van der Waals surface area (Å²) in [5.41, 5.74) is 3.24. The molecule has 0 atom stereocenters. The number of aryl methyl sites for hydroxylation is 1. The number of benzene rings is 2. The van der Waals surface area contributed by atoms with Crippen LogP contribution in [0.15, 0.2) is 54.7 Å². The zero-order valence-corrected chi connectivity index (χ0v) is 14.4. The first kappa shape index (κ1) is 16.7. The SMILES string of the molecule is CCOc1ccccc1Nc1cnnc(NCc2cccc(C)c2)n1. The van der Waals surface area contributed by atoms with Crippen molar-refractivity contribution in [1.29, 1.82) is 0 Å². The molecule has 0 radical (unpaired) electrons. The second-order valence-electron chi connectivity index (χ2n) is 5.56. The van der Waals surface area contributed by atoms with Crippen LogP contribution in [-0.2, 0) is 6.54 Å². The van der Waals surface area contributed by atoms with Gasteiger partial charge in [-0.1, -0.05) is 42.0 Å². The van der Waals surface area contributed by atoms with E-state index in [1.165, 1.54) is 11.1 Å². The molecule has 6 heteroatoms. The average molecular weight is 335 g/mol. The normalized spacial score (nSPS) is 10.3. The van der Waals surface area contributed by atoms with Crippen molar-refractivity contribution < 1.29 is 4.74 Å². The number of aromatic nitrogens is 3. The fourth-order valence-corrected chi connectivity index (χ4v) is 2.43. The number of nitrogens with zero attached hydrogens (tertiary/aromatic N) is 3. The maximum atomic E-state index is 5.61. The second-order valence-corrected chi connectivity index (χ2v) is 5.56. The average Bonchev–Trinajstić information content (AvgIpc) is 2.62. The first-order valence-corrected chi connectivity index (χ1v) is 8.22. The van der Waals surface area contributed by atoms with Crippen LogP contribution in [0.5, 0.6) is 5.75 Å². The van der Waals surface area contributed by atoms with Crippen LogP contribution >= 0.6 is 0 Å². The van der Waals surface area contributed by atoms with Crippen molar-refractivity contribution >= 4 is 17.5 Å². The van der Waals surface area contributed by atoms with Gasteiger partial charge in [0.2, 0.25) is 5.95 Å². The van der Waals surface area contributed by atoms with Crippen molar-refractivity contribution in [3.05, 3.63) is 65.9 Å². The van der Waals surface area contributed by atoms with Crippen LogP contribution in [0.4, 0.5) is 17.5 Å². The first-order valence-electron chi connectivity index (χ1n) is 8.22. The largest absolute Gasteiger partial charge is 0.492 e. The highest BCUT2D eigenvalue weighted by Crippen LogP contribution is 2.26.